The molecule has 2 fully saturated rings. The van der Waals surface area contributed by atoms with E-state index in [-0.39, 0.29) is 30.6 Å². The second kappa shape index (κ2) is 7.44. The van der Waals surface area contributed by atoms with Crippen LogP contribution in [0.25, 0.3) is 0 Å². The van der Waals surface area contributed by atoms with Crippen LogP contribution in [0.15, 0.2) is 30.3 Å². The largest absolute Gasteiger partial charge is 0.445 e. The summed E-state index contributed by atoms with van der Waals surface area (Å²) in [6, 6.07) is 9.27. The van der Waals surface area contributed by atoms with E-state index in [1.807, 2.05) is 35.2 Å². The zero-order valence-electron chi connectivity index (χ0n) is 13.4. The number of carbonyl (C=O) groups is 3. The lowest BCUT2D eigenvalue weighted by atomic mass is 10.0. The van der Waals surface area contributed by atoms with E-state index >= 15 is 0 Å². The van der Waals surface area contributed by atoms with E-state index in [0.29, 0.717) is 39.0 Å². The SMILES string of the molecule is O=C1CCC(N2CCN(C(=O)OCc3ccccc3)CC2)C(=O)N1. The van der Waals surface area contributed by atoms with Crippen LogP contribution >= 0.6 is 0 Å². The highest BCUT2D eigenvalue weighted by molar-refractivity contribution is 6.00. The number of hydrogen-bond donors (Lipinski definition) is 1. The third-order valence-corrected chi connectivity index (χ3v) is 4.43. The van der Waals surface area contributed by atoms with Crippen molar-refractivity contribution in [2.75, 3.05) is 26.2 Å². The molecule has 0 saturated carbocycles. The van der Waals surface area contributed by atoms with Gasteiger partial charge in [0.1, 0.15) is 6.61 Å². The number of carbonyl (C=O) groups excluding carboxylic acids is 3. The maximum Gasteiger partial charge on any atom is 0.410 e. The summed E-state index contributed by atoms with van der Waals surface area (Å²) in [5.74, 6) is -0.439. The van der Waals surface area contributed by atoms with Crippen molar-refractivity contribution in [3.05, 3.63) is 35.9 Å². The van der Waals surface area contributed by atoms with Gasteiger partial charge in [-0.3, -0.25) is 19.8 Å². The number of imide groups is 1. The number of nitrogens with zero attached hydrogens (tertiary/aromatic N) is 2. The maximum atomic E-state index is 12.1. The minimum absolute atomic E-state index is 0.209. The van der Waals surface area contributed by atoms with Crippen molar-refractivity contribution in [2.24, 2.45) is 0 Å². The molecule has 2 heterocycles. The number of amides is 3. The molecule has 2 aliphatic rings. The molecular formula is C17H21N3O4. The van der Waals surface area contributed by atoms with Crippen LogP contribution in [0.1, 0.15) is 18.4 Å². The van der Waals surface area contributed by atoms with Gasteiger partial charge in [0.2, 0.25) is 11.8 Å². The first kappa shape index (κ1) is 16.4. The number of piperidine rings is 1. The van der Waals surface area contributed by atoms with E-state index in [0.717, 1.165) is 5.56 Å². The van der Waals surface area contributed by atoms with E-state index in [4.69, 9.17) is 4.74 Å². The van der Waals surface area contributed by atoms with Crippen molar-refractivity contribution in [1.29, 1.82) is 0 Å². The highest BCUT2D eigenvalue weighted by Crippen LogP contribution is 2.15. The number of ether oxygens (including phenoxy) is 1. The Hall–Kier alpha value is -2.41. The Labute approximate surface area is 140 Å². The van der Waals surface area contributed by atoms with Crippen molar-refractivity contribution in [1.82, 2.24) is 15.1 Å². The number of benzene rings is 1. The van der Waals surface area contributed by atoms with Crippen molar-refractivity contribution >= 4 is 17.9 Å². The lowest BCUT2D eigenvalue weighted by Gasteiger charge is -2.39. The van der Waals surface area contributed by atoms with Crippen LogP contribution in [0, 0.1) is 0 Å². The van der Waals surface area contributed by atoms with Crippen LogP contribution in [-0.2, 0) is 20.9 Å². The van der Waals surface area contributed by atoms with Crippen molar-refractivity contribution in [3.8, 4) is 0 Å². The Morgan fingerprint density at radius 1 is 1.12 bits per heavy atom. The number of rotatable bonds is 3. The first-order valence-corrected chi connectivity index (χ1v) is 8.17. The van der Waals surface area contributed by atoms with Crippen LogP contribution < -0.4 is 5.32 Å². The average molecular weight is 331 g/mol. The average Bonchev–Trinajstić information content (AvgIpc) is 2.61. The summed E-state index contributed by atoms with van der Waals surface area (Å²) in [6.07, 6.45) is 0.584. The topological polar surface area (TPSA) is 79.0 Å². The molecule has 1 atom stereocenters. The standard InChI is InChI=1S/C17H21N3O4/c21-15-7-6-14(16(22)18-15)19-8-10-20(11-9-19)17(23)24-12-13-4-2-1-3-5-13/h1-5,14H,6-12H2,(H,18,21,22). The minimum Gasteiger partial charge on any atom is -0.445 e. The summed E-state index contributed by atoms with van der Waals surface area (Å²) in [5.41, 5.74) is 0.952. The summed E-state index contributed by atoms with van der Waals surface area (Å²) >= 11 is 0. The summed E-state index contributed by atoms with van der Waals surface area (Å²) in [7, 11) is 0. The molecule has 0 aliphatic carbocycles. The fourth-order valence-electron chi connectivity index (χ4n) is 3.06. The Bertz CT molecular complexity index is 612. The van der Waals surface area contributed by atoms with Gasteiger partial charge in [0.15, 0.2) is 0 Å². The van der Waals surface area contributed by atoms with Crippen LogP contribution in [-0.4, -0.2) is 59.9 Å². The summed E-state index contributed by atoms with van der Waals surface area (Å²) in [6.45, 7) is 2.50. The molecule has 3 amide bonds. The molecule has 2 saturated heterocycles. The van der Waals surface area contributed by atoms with Crippen LogP contribution in [0.3, 0.4) is 0 Å². The Morgan fingerprint density at radius 2 is 1.83 bits per heavy atom. The molecule has 0 radical (unpaired) electrons. The van der Waals surface area contributed by atoms with E-state index in [1.165, 1.54) is 0 Å². The summed E-state index contributed by atoms with van der Waals surface area (Å²) in [4.78, 5) is 38.9. The fourth-order valence-corrected chi connectivity index (χ4v) is 3.06. The molecule has 2 aliphatic heterocycles. The number of piperazine rings is 1. The molecule has 3 rings (SSSR count). The summed E-state index contributed by atoms with van der Waals surface area (Å²) < 4.78 is 5.33. The molecule has 0 spiro atoms. The van der Waals surface area contributed by atoms with E-state index < -0.39 is 0 Å². The fraction of sp³-hybridized carbons (Fsp3) is 0.471. The molecule has 7 nitrogen and oxygen atoms in total. The van der Waals surface area contributed by atoms with E-state index in [1.54, 1.807) is 4.90 Å². The van der Waals surface area contributed by atoms with Gasteiger partial charge in [0, 0.05) is 32.6 Å². The van der Waals surface area contributed by atoms with Crippen LogP contribution in [0.5, 0.6) is 0 Å². The molecular weight excluding hydrogens is 310 g/mol. The van der Waals surface area contributed by atoms with Gasteiger partial charge in [-0.15, -0.1) is 0 Å². The van der Waals surface area contributed by atoms with Gasteiger partial charge in [-0.2, -0.15) is 0 Å². The molecule has 0 aromatic heterocycles. The van der Waals surface area contributed by atoms with Crippen molar-refractivity contribution < 1.29 is 19.1 Å². The zero-order chi connectivity index (χ0) is 16.9. The molecule has 1 aromatic rings. The van der Waals surface area contributed by atoms with Crippen molar-refractivity contribution in [2.45, 2.75) is 25.5 Å². The van der Waals surface area contributed by atoms with Gasteiger partial charge in [-0.1, -0.05) is 30.3 Å². The first-order valence-electron chi connectivity index (χ1n) is 8.17. The Balaban J connectivity index is 1.45. The molecule has 7 heteroatoms. The third-order valence-electron chi connectivity index (χ3n) is 4.43. The van der Waals surface area contributed by atoms with E-state index in [9.17, 15) is 14.4 Å². The minimum atomic E-state index is -0.332. The van der Waals surface area contributed by atoms with Gasteiger partial charge in [0.25, 0.3) is 0 Å². The molecule has 1 unspecified atom stereocenters. The quantitative estimate of drug-likeness (QED) is 0.827. The maximum absolute atomic E-state index is 12.1. The van der Waals surface area contributed by atoms with E-state index in [2.05, 4.69) is 5.32 Å². The molecule has 128 valence electrons. The molecule has 1 N–H and O–H groups in total. The normalized spacial score (nSPS) is 22.2. The highest BCUT2D eigenvalue weighted by Gasteiger charge is 2.34. The highest BCUT2D eigenvalue weighted by atomic mass is 16.6. The van der Waals surface area contributed by atoms with Gasteiger partial charge in [-0.05, 0) is 12.0 Å². The predicted molar refractivity (Wildman–Crippen MR) is 85.9 cm³/mol. The lowest BCUT2D eigenvalue weighted by Crippen LogP contribution is -2.58. The van der Waals surface area contributed by atoms with Gasteiger partial charge in [0.05, 0.1) is 6.04 Å². The second-order valence-corrected chi connectivity index (χ2v) is 6.03. The lowest BCUT2D eigenvalue weighted by molar-refractivity contribution is -0.138. The van der Waals surface area contributed by atoms with Crippen LogP contribution in [0.2, 0.25) is 0 Å². The predicted octanol–water partition coefficient (Wildman–Crippen LogP) is 0.746. The van der Waals surface area contributed by atoms with Gasteiger partial charge in [-0.25, -0.2) is 4.79 Å². The van der Waals surface area contributed by atoms with Gasteiger partial charge < -0.3 is 9.64 Å². The van der Waals surface area contributed by atoms with Gasteiger partial charge >= 0.3 is 6.09 Å². The zero-order valence-corrected chi connectivity index (χ0v) is 13.4. The van der Waals surface area contributed by atoms with Crippen LogP contribution in [0.4, 0.5) is 4.79 Å². The number of nitrogens with one attached hydrogen (secondary N) is 1. The Kier molecular flexibility index (Phi) is 5.10. The molecule has 0 bridgehead atoms. The third kappa shape index (κ3) is 3.91. The Morgan fingerprint density at radius 3 is 2.50 bits per heavy atom. The smallest absolute Gasteiger partial charge is 0.410 e. The number of hydrogen-bond acceptors (Lipinski definition) is 5. The first-order chi connectivity index (χ1) is 11.6. The molecule has 24 heavy (non-hydrogen) atoms. The monoisotopic (exact) mass is 331 g/mol. The van der Waals surface area contributed by atoms with Crippen molar-refractivity contribution in [3.63, 3.8) is 0 Å². The summed E-state index contributed by atoms with van der Waals surface area (Å²) in [5, 5.41) is 2.37. The molecule has 1 aromatic carbocycles. The second-order valence-electron chi connectivity index (χ2n) is 6.03.